The van der Waals surface area contributed by atoms with Crippen LogP contribution in [0.3, 0.4) is 0 Å². The predicted molar refractivity (Wildman–Crippen MR) is 153 cm³/mol. The Balaban J connectivity index is 1.68. The molecule has 11 heteroatoms. The lowest BCUT2D eigenvalue weighted by molar-refractivity contribution is 0.0967. The van der Waals surface area contributed by atoms with Gasteiger partial charge in [0.1, 0.15) is 11.5 Å². The number of methoxy groups -OCH3 is 2. The van der Waals surface area contributed by atoms with Crippen molar-refractivity contribution in [3.63, 3.8) is 0 Å². The molecular weight excluding hydrogens is 512 g/mol. The van der Waals surface area contributed by atoms with Crippen molar-refractivity contribution in [3.8, 4) is 23.3 Å². The van der Waals surface area contributed by atoms with Gasteiger partial charge in [0.15, 0.2) is 16.9 Å². The predicted octanol–water partition coefficient (Wildman–Crippen LogP) is 1.90. The number of fused-ring (bicyclic) bond motifs is 2. The van der Waals surface area contributed by atoms with Crippen LogP contribution < -0.4 is 31.4 Å². The highest BCUT2D eigenvalue weighted by Gasteiger charge is 2.27. The zero-order chi connectivity index (χ0) is 28.6. The second-order valence-corrected chi connectivity index (χ2v) is 9.80. The standard InChI is InChI=1S/C29H32N6O5/c1-5-6-14-34-25-26(31-28(34)33-13-9-10-18(30)16-33)32(2)29(38)35(27(25)37)17-21(36)24-20-12-8-7-11-19(20)22(39-3)15-23(24)40-4/h7-8,11-12,15,18H,9-10,13-14,16-17,30H2,1-4H3. The molecule has 1 aliphatic rings. The minimum atomic E-state index is -0.643. The summed E-state index contributed by atoms with van der Waals surface area (Å²) in [7, 11) is 4.54. The molecule has 0 aliphatic carbocycles. The van der Waals surface area contributed by atoms with E-state index < -0.39 is 23.6 Å². The van der Waals surface area contributed by atoms with Crippen LogP contribution in [0.4, 0.5) is 5.95 Å². The first kappa shape index (κ1) is 27.0. The van der Waals surface area contributed by atoms with E-state index in [1.807, 2.05) is 17.0 Å². The van der Waals surface area contributed by atoms with Crippen LogP contribution in [-0.2, 0) is 20.1 Å². The monoisotopic (exact) mass is 544 g/mol. The minimum absolute atomic E-state index is 0.0216. The molecule has 0 spiro atoms. The molecule has 4 aromatic rings. The molecule has 208 valence electrons. The van der Waals surface area contributed by atoms with Gasteiger partial charge in [-0.3, -0.25) is 23.3 Å². The number of nitrogens with zero attached hydrogens (tertiary/aromatic N) is 5. The topological polar surface area (TPSA) is 127 Å². The number of piperidine rings is 1. The molecule has 3 heterocycles. The fourth-order valence-electron chi connectivity index (χ4n) is 5.40. The second-order valence-electron chi connectivity index (χ2n) is 9.80. The minimum Gasteiger partial charge on any atom is -0.496 e. The third-order valence-electron chi connectivity index (χ3n) is 7.36. The van der Waals surface area contributed by atoms with Crippen LogP contribution in [0, 0.1) is 11.8 Å². The van der Waals surface area contributed by atoms with E-state index in [0.29, 0.717) is 34.8 Å². The van der Waals surface area contributed by atoms with Gasteiger partial charge < -0.3 is 20.1 Å². The highest BCUT2D eigenvalue weighted by Crippen LogP contribution is 2.36. The number of aryl methyl sites for hydroxylation is 1. The molecule has 5 rings (SSSR count). The number of imidazole rings is 1. The van der Waals surface area contributed by atoms with Gasteiger partial charge in [0.25, 0.3) is 5.56 Å². The highest BCUT2D eigenvalue weighted by molar-refractivity contribution is 6.12. The molecule has 11 nitrogen and oxygen atoms in total. The normalized spacial score (nSPS) is 15.2. The lowest BCUT2D eigenvalue weighted by Gasteiger charge is -2.31. The smallest absolute Gasteiger partial charge is 0.332 e. The van der Waals surface area contributed by atoms with E-state index in [1.165, 1.54) is 11.7 Å². The summed E-state index contributed by atoms with van der Waals surface area (Å²) in [4.78, 5) is 47.9. The quantitative estimate of drug-likeness (QED) is 0.276. The lowest BCUT2D eigenvalue weighted by Crippen LogP contribution is -2.44. The number of Topliss-reactive ketones (excluding diaryl/α,β-unsaturated/α-hetero) is 1. The molecule has 2 aromatic heterocycles. The number of hydrogen-bond acceptors (Lipinski definition) is 8. The molecule has 1 atom stereocenters. The first-order chi connectivity index (χ1) is 19.3. The SMILES string of the molecule is CC#CCn1c(N2CCCC(N)C2)nc2c1c(=O)n(CC(=O)c1c(OC)cc(OC)c3ccccc13)c(=O)n2C. The van der Waals surface area contributed by atoms with Crippen LogP contribution in [0.25, 0.3) is 21.9 Å². The summed E-state index contributed by atoms with van der Waals surface area (Å²) < 4.78 is 15.0. The average Bonchev–Trinajstić information content (AvgIpc) is 3.35. The van der Waals surface area contributed by atoms with Crippen LogP contribution in [0.2, 0.25) is 0 Å². The summed E-state index contributed by atoms with van der Waals surface area (Å²) in [5.41, 5.74) is 5.68. The Morgan fingerprint density at radius 3 is 2.52 bits per heavy atom. The number of anilines is 1. The molecule has 2 N–H and O–H groups in total. The zero-order valence-corrected chi connectivity index (χ0v) is 23.1. The maximum atomic E-state index is 13.9. The Labute approximate surface area is 230 Å². The van der Waals surface area contributed by atoms with E-state index in [1.54, 1.807) is 43.8 Å². The molecule has 1 aliphatic heterocycles. The molecule has 0 bridgehead atoms. The molecular formula is C29H32N6O5. The zero-order valence-electron chi connectivity index (χ0n) is 23.1. The number of ketones is 1. The van der Waals surface area contributed by atoms with Crippen LogP contribution in [0.15, 0.2) is 39.9 Å². The van der Waals surface area contributed by atoms with Gasteiger partial charge >= 0.3 is 5.69 Å². The Bertz CT molecular complexity index is 1810. The van der Waals surface area contributed by atoms with Gasteiger partial charge in [-0.2, -0.15) is 4.98 Å². The largest absolute Gasteiger partial charge is 0.496 e. The fraction of sp³-hybridized carbons (Fsp3) is 0.379. The molecule has 1 saturated heterocycles. The summed E-state index contributed by atoms with van der Waals surface area (Å²) in [5.74, 6) is 6.80. The van der Waals surface area contributed by atoms with E-state index >= 15 is 0 Å². The molecule has 0 radical (unpaired) electrons. The van der Waals surface area contributed by atoms with Crippen LogP contribution >= 0.6 is 0 Å². The molecule has 1 unspecified atom stereocenters. The van der Waals surface area contributed by atoms with Crippen molar-refractivity contribution in [2.75, 3.05) is 32.2 Å². The van der Waals surface area contributed by atoms with Gasteiger partial charge in [0, 0.05) is 37.6 Å². The van der Waals surface area contributed by atoms with Crippen LogP contribution in [0.1, 0.15) is 30.1 Å². The summed E-state index contributed by atoms with van der Waals surface area (Å²) in [5, 5.41) is 1.31. The van der Waals surface area contributed by atoms with Gasteiger partial charge in [-0.1, -0.05) is 30.2 Å². The number of rotatable bonds is 7. The summed E-state index contributed by atoms with van der Waals surface area (Å²) in [6, 6.07) is 8.87. The lowest BCUT2D eigenvalue weighted by atomic mass is 9.99. The fourth-order valence-corrected chi connectivity index (χ4v) is 5.40. The summed E-state index contributed by atoms with van der Waals surface area (Å²) in [6.45, 7) is 2.74. The van der Waals surface area contributed by atoms with Gasteiger partial charge in [0.2, 0.25) is 5.95 Å². The number of hydrogen-bond donors (Lipinski definition) is 1. The van der Waals surface area contributed by atoms with E-state index in [-0.39, 0.29) is 29.3 Å². The van der Waals surface area contributed by atoms with Crippen LogP contribution in [0.5, 0.6) is 11.5 Å². The number of carbonyl (C=O) groups is 1. The van der Waals surface area contributed by atoms with Crippen LogP contribution in [-0.4, -0.2) is 57.8 Å². The van der Waals surface area contributed by atoms with E-state index in [0.717, 1.165) is 24.0 Å². The number of ether oxygens (including phenoxy) is 2. The average molecular weight is 545 g/mol. The van der Waals surface area contributed by atoms with Crippen molar-refractivity contribution in [2.45, 2.75) is 38.9 Å². The summed E-state index contributed by atoms with van der Waals surface area (Å²) >= 11 is 0. The first-order valence-corrected chi connectivity index (χ1v) is 13.1. The highest BCUT2D eigenvalue weighted by atomic mass is 16.5. The Kier molecular flexibility index (Phi) is 7.36. The Morgan fingerprint density at radius 2 is 1.85 bits per heavy atom. The second kappa shape index (κ2) is 10.9. The number of nitrogens with two attached hydrogens (primary N) is 1. The number of carbonyl (C=O) groups excluding carboxylic acids is 1. The molecule has 40 heavy (non-hydrogen) atoms. The van der Waals surface area contributed by atoms with Gasteiger partial charge in [0.05, 0.1) is 32.9 Å². The van der Waals surface area contributed by atoms with Gasteiger partial charge in [-0.15, -0.1) is 5.92 Å². The van der Waals surface area contributed by atoms with E-state index in [4.69, 9.17) is 20.2 Å². The Morgan fingerprint density at radius 1 is 1.12 bits per heavy atom. The van der Waals surface area contributed by atoms with Gasteiger partial charge in [-0.25, -0.2) is 4.79 Å². The van der Waals surface area contributed by atoms with E-state index in [9.17, 15) is 14.4 Å². The first-order valence-electron chi connectivity index (χ1n) is 13.1. The maximum Gasteiger partial charge on any atom is 0.332 e. The molecule has 1 fully saturated rings. The number of benzene rings is 2. The van der Waals surface area contributed by atoms with Crippen molar-refractivity contribution < 1.29 is 14.3 Å². The summed E-state index contributed by atoms with van der Waals surface area (Å²) in [6.07, 6.45) is 1.79. The van der Waals surface area contributed by atoms with E-state index in [2.05, 4.69) is 11.8 Å². The Hall–Kier alpha value is -4.56. The molecule has 0 amide bonds. The third kappa shape index (κ3) is 4.50. The molecule has 2 aromatic carbocycles. The van der Waals surface area contributed by atoms with Gasteiger partial charge in [-0.05, 0) is 25.2 Å². The number of aromatic nitrogens is 4. The van der Waals surface area contributed by atoms with Crippen molar-refractivity contribution in [1.29, 1.82) is 0 Å². The van der Waals surface area contributed by atoms with Crippen molar-refractivity contribution in [2.24, 2.45) is 12.8 Å². The van der Waals surface area contributed by atoms with Crippen molar-refractivity contribution >= 4 is 33.7 Å². The third-order valence-corrected chi connectivity index (χ3v) is 7.36. The molecule has 0 saturated carbocycles. The van der Waals surface area contributed by atoms with Crippen molar-refractivity contribution in [3.05, 3.63) is 56.7 Å². The van der Waals surface area contributed by atoms with Crippen molar-refractivity contribution in [1.82, 2.24) is 18.7 Å². The maximum absolute atomic E-state index is 13.9.